The van der Waals surface area contributed by atoms with Gasteiger partial charge in [-0.3, -0.25) is 14.5 Å². The average Bonchev–Trinajstić information content (AvgIpc) is 2.86. The van der Waals surface area contributed by atoms with Gasteiger partial charge in [0.2, 0.25) is 5.91 Å². The maximum Gasteiger partial charge on any atom is 0.266 e. The van der Waals surface area contributed by atoms with Gasteiger partial charge in [0.05, 0.1) is 4.91 Å². The number of phenols is 1. The molecule has 5 nitrogen and oxygen atoms in total. The molecule has 2 amide bonds. The molecule has 132 valence electrons. The van der Waals surface area contributed by atoms with Crippen molar-refractivity contribution in [3.8, 4) is 5.75 Å². The molecule has 0 atom stereocenters. The molecule has 0 saturated carbocycles. The molecule has 1 fully saturated rings. The van der Waals surface area contributed by atoms with Crippen LogP contribution in [0.15, 0.2) is 53.4 Å². The third-order valence-corrected chi connectivity index (χ3v) is 5.08. The number of amides is 2. The van der Waals surface area contributed by atoms with Gasteiger partial charge in [0, 0.05) is 5.69 Å². The maximum absolute atomic E-state index is 12.6. The first-order valence-corrected chi connectivity index (χ1v) is 9.06. The van der Waals surface area contributed by atoms with E-state index in [-0.39, 0.29) is 24.1 Å². The van der Waals surface area contributed by atoms with E-state index in [9.17, 15) is 14.7 Å². The molecule has 0 aromatic heterocycles. The molecule has 0 spiro atoms. The van der Waals surface area contributed by atoms with Crippen molar-refractivity contribution in [2.45, 2.75) is 6.92 Å². The van der Waals surface area contributed by atoms with Gasteiger partial charge in [0.15, 0.2) is 0 Å². The number of nitrogens with one attached hydrogen (secondary N) is 1. The molecule has 2 aromatic rings. The van der Waals surface area contributed by atoms with Crippen LogP contribution in [0.3, 0.4) is 0 Å². The number of hydrogen-bond acceptors (Lipinski definition) is 5. The number of carbonyl (C=O) groups excluding carboxylic acids is 2. The minimum Gasteiger partial charge on any atom is -0.508 e. The molecule has 1 aliphatic heterocycles. The maximum atomic E-state index is 12.6. The fraction of sp³-hybridized carbons (Fsp3) is 0.105. The summed E-state index contributed by atoms with van der Waals surface area (Å²) < 4.78 is 0.356. The van der Waals surface area contributed by atoms with Crippen LogP contribution in [0.1, 0.15) is 11.1 Å². The van der Waals surface area contributed by atoms with E-state index in [1.807, 2.05) is 31.2 Å². The molecule has 0 radical (unpaired) electrons. The standard InChI is InChI=1S/C19H16N2O3S2/c1-12-2-4-13(5-3-12)10-16-18(24)21(19(25)26-16)11-17(23)20-14-6-8-15(22)9-7-14/h2-10,22H,11H2,1H3,(H,20,23)/b16-10-. The van der Waals surface area contributed by atoms with Crippen LogP contribution in [-0.4, -0.2) is 32.7 Å². The lowest BCUT2D eigenvalue weighted by Gasteiger charge is -2.14. The Morgan fingerprint density at radius 1 is 1.19 bits per heavy atom. The first-order chi connectivity index (χ1) is 12.4. The predicted molar refractivity (Wildman–Crippen MR) is 108 cm³/mol. The van der Waals surface area contributed by atoms with Crippen molar-refractivity contribution in [1.29, 1.82) is 0 Å². The Morgan fingerprint density at radius 2 is 1.85 bits per heavy atom. The van der Waals surface area contributed by atoms with Crippen molar-refractivity contribution in [3.05, 3.63) is 64.6 Å². The summed E-state index contributed by atoms with van der Waals surface area (Å²) in [5.41, 5.74) is 2.58. The first kappa shape index (κ1) is 18.2. The molecule has 2 aromatic carbocycles. The summed E-state index contributed by atoms with van der Waals surface area (Å²) >= 11 is 6.43. The van der Waals surface area contributed by atoms with E-state index in [0.29, 0.717) is 14.9 Å². The van der Waals surface area contributed by atoms with Gasteiger partial charge in [-0.25, -0.2) is 0 Å². The monoisotopic (exact) mass is 384 g/mol. The van der Waals surface area contributed by atoms with Crippen LogP contribution in [0, 0.1) is 6.92 Å². The van der Waals surface area contributed by atoms with Crippen LogP contribution < -0.4 is 5.32 Å². The zero-order valence-corrected chi connectivity index (χ0v) is 15.6. The van der Waals surface area contributed by atoms with Crippen LogP contribution >= 0.6 is 24.0 Å². The number of thioether (sulfide) groups is 1. The second-order valence-corrected chi connectivity index (χ2v) is 7.45. The van der Waals surface area contributed by atoms with Crippen molar-refractivity contribution in [3.63, 3.8) is 0 Å². The number of rotatable bonds is 4. The summed E-state index contributed by atoms with van der Waals surface area (Å²) in [6.45, 7) is 1.84. The highest BCUT2D eigenvalue weighted by Gasteiger charge is 2.33. The number of thiocarbonyl (C=S) groups is 1. The second kappa shape index (κ2) is 7.72. The van der Waals surface area contributed by atoms with Gasteiger partial charge in [-0.1, -0.05) is 53.8 Å². The third-order valence-electron chi connectivity index (χ3n) is 3.70. The smallest absolute Gasteiger partial charge is 0.266 e. The molecule has 3 rings (SSSR count). The van der Waals surface area contributed by atoms with E-state index in [1.54, 1.807) is 18.2 Å². The Balaban J connectivity index is 1.67. The Bertz CT molecular complexity index is 890. The van der Waals surface area contributed by atoms with Crippen LogP contribution in [0.25, 0.3) is 6.08 Å². The van der Waals surface area contributed by atoms with Crippen molar-refractivity contribution in [2.75, 3.05) is 11.9 Å². The molecular formula is C19H16N2O3S2. The van der Waals surface area contributed by atoms with Crippen LogP contribution in [0.5, 0.6) is 5.75 Å². The molecule has 1 heterocycles. The number of phenolic OH excluding ortho intramolecular Hbond substituents is 1. The van der Waals surface area contributed by atoms with Crippen LogP contribution in [-0.2, 0) is 9.59 Å². The third kappa shape index (κ3) is 4.30. The van der Waals surface area contributed by atoms with Gasteiger partial charge in [-0.05, 0) is 42.8 Å². The Morgan fingerprint density at radius 3 is 2.50 bits per heavy atom. The molecule has 0 bridgehead atoms. The van der Waals surface area contributed by atoms with Crippen LogP contribution in [0.4, 0.5) is 5.69 Å². The zero-order valence-electron chi connectivity index (χ0n) is 13.9. The Kier molecular flexibility index (Phi) is 5.39. The van der Waals surface area contributed by atoms with Gasteiger partial charge >= 0.3 is 0 Å². The fourth-order valence-corrected chi connectivity index (χ4v) is 3.59. The number of benzene rings is 2. The lowest BCUT2D eigenvalue weighted by molar-refractivity contribution is -0.126. The highest BCUT2D eigenvalue weighted by atomic mass is 32.2. The summed E-state index contributed by atoms with van der Waals surface area (Å²) in [5.74, 6) is -0.522. The van der Waals surface area contributed by atoms with E-state index in [1.165, 1.54) is 28.8 Å². The van der Waals surface area contributed by atoms with E-state index in [4.69, 9.17) is 12.2 Å². The summed E-state index contributed by atoms with van der Waals surface area (Å²) in [6.07, 6.45) is 1.77. The highest BCUT2D eigenvalue weighted by molar-refractivity contribution is 8.26. The van der Waals surface area contributed by atoms with Crippen molar-refractivity contribution < 1.29 is 14.7 Å². The largest absolute Gasteiger partial charge is 0.508 e. The lowest BCUT2D eigenvalue weighted by atomic mass is 10.1. The second-order valence-electron chi connectivity index (χ2n) is 5.77. The number of anilines is 1. The molecule has 0 unspecified atom stereocenters. The molecule has 0 aliphatic carbocycles. The predicted octanol–water partition coefficient (Wildman–Crippen LogP) is 3.54. The quantitative estimate of drug-likeness (QED) is 0.479. The number of carbonyl (C=O) groups is 2. The van der Waals surface area contributed by atoms with Crippen LogP contribution in [0.2, 0.25) is 0 Å². The summed E-state index contributed by atoms with van der Waals surface area (Å²) in [6, 6.07) is 13.9. The number of nitrogens with zero attached hydrogens (tertiary/aromatic N) is 1. The highest BCUT2D eigenvalue weighted by Crippen LogP contribution is 2.32. The number of hydrogen-bond donors (Lipinski definition) is 2. The summed E-state index contributed by atoms with van der Waals surface area (Å²) in [4.78, 5) is 26.5. The van der Waals surface area contributed by atoms with E-state index in [0.717, 1.165) is 11.1 Å². The molecular weight excluding hydrogens is 368 g/mol. The first-order valence-electron chi connectivity index (χ1n) is 7.83. The topological polar surface area (TPSA) is 69.6 Å². The molecule has 1 saturated heterocycles. The Hall–Kier alpha value is -2.64. The molecule has 7 heteroatoms. The van der Waals surface area contributed by atoms with Gasteiger partial charge in [-0.2, -0.15) is 0 Å². The Labute approximate surface area is 160 Å². The average molecular weight is 384 g/mol. The van der Waals surface area contributed by atoms with Gasteiger partial charge in [-0.15, -0.1) is 0 Å². The van der Waals surface area contributed by atoms with Crippen molar-refractivity contribution in [2.24, 2.45) is 0 Å². The number of aromatic hydroxyl groups is 1. The molecule has 2 N–H and O–H groups in total. The minimum atomic E-state index is -0.358. The summed E-state index contributed by atoms with van der Waals surface area (Å²) in [7, 11) is 0. The minimum absolute atomic E-state index is 0.112. The van der Waals surface area contributed by atoms with E-state index in [2.05, 4.69) is 5.32 Å². The summed E-state index contributed by atoms with van der Waals surface area (Å²) in [5, 5.41) is 11.9. The van der Waals surface area contributed by atoms with Crippen molar-refractivity contribution >= 4 is 51.9 Å². The normalized spacial score (nSPS) is 15.6. The van der Waals surface area contributed by atoms with Crippen molar-refractivity contribution in [1.82, 2.24) is 4.90 Å². The zero-order chi connectivity index (χ0) is 18.7. The SMILES string of the molecule is Cc1ccc(/C=C2\SC(=S)N(CC(=O)Nc3ccc(O)cc3)C2=O)cc1. The molecule has 26 heavy (non-hydrogen) atoms. The lowest BCUT2D eigenvalue weighted by Crippen LogP contribution is -2.36. The van der Waals surface area contributed by atoms with Gasteiger partial charge < -0.3 is 10.4 Å². The van der Waals surface area contributed by atoms with E-state index >= 15 is 0 Å². The molecule has 1 aliphatic rings. The fourth-order valence-electron chi connectivity index (χ4n) is 2.34. The van der Waals surface area contributed by atoms with E-state index < -0.39 is 0 Å². The number of aryl methyl sites for hydroxylation is 1. The van der Waals surface area contributed by atoms with Gasteiger partial charge in [0.1, 0.15) is 16.6 Å². The van der Waals surface area contributed by atoms with Gasteiger partial charge in [0.25, 0.3) is 5.91 Å².